The number of piperazine rings is 1. The van der Waals surface area contributed by atoms with Crippen LogP contribution in [0.5, 0.6) is 11.5 Å². The van der Waals surface area contributed by atoms with Crippen molar-refractivity contribution in [2.45, 2.75) is 12.7 Å². The zero-order chi connectivity index (χ0) is 20.6. The van der Waals surface area contributed by atoms with E-state index in [0.717, 1.165) is 37.4 Å². The second-order valence-electron chi connectivity index (χ2n) is 7.28. The van der Waals surface area contributed by atoms with Gasteiger partial charge in [-0.3, -0.25) is 0 Å². The number of halogens is 1. The predicted molar refractivity (Wildman–Crippen MR) is 109 cm³/mol. The Bertz CT molecular complexity index is 764. The van der Waals surface area contributed by atoms with Crippen molar-refractivity contribution in [2.75, 3.05) is 58.5 Å². The monoisotopic (exact) mass is 405 g/mol. The van der Waals surface area contributed by atoms with E-state index in [4.69, 9.17) is 14.2 Å². The molecular formula is C22H30FN2O4+. The molecule has 1 atom stereocenters. The summed E-state index contributed by atoms with van der Waals surface area (Å²) in [6, 6.07) is 12.3. The van der Waals surface area contributed by atoms with Crippen LogP contribution in [0.4, 0.5) is 10.1 Å². The maximum atomic E-state index is 13.1. The smallest absolute Gasteiger partial charge is 0.161 e. The van der Waals surface area contributed by atoms with Crippen LogP contribution in [0.2, 0.25) is 0 Å². The zero-order valence-electron chi connectivity index (χ0n) is 17.1. The standard InChI is InChI=1S/C22H29FN2O4/c1-27-21-8-3-17(13-22(21)28-2)15-29-16-20(26)14-24-9-11-25(12-10-24)19-6-4-18(23)5-7-19/h3-8,13,20,26H,9-12,14-16H2,1-2H3/p+1/t20-/m0/s1. The van der Waals surface area contributed by atoms with Crippen molar-refractivity contribution in [1.29, 1.82) is 0 Å². The number of quaternary nitrogens is 1. The third kappa shape index (κ3) is 6.06. The first-order valence-electron chi connectivity index (χ1n) is 9.90. The minimum atomic E-state index is -0.512. The molecular weight excluding hydrogens is 375 g/mol. The average Bonchev–Trinajstić information content (AvgIpc) is 2.75. The number of nitrogens with zero attached hydrogens (tertiary/aromatic N) is 1. The first-order valence-corrected chi connectivity index (χ1v) is 9.90. The van der Waals surface area contributed by atoms with Gasteiger partial charge in [0.25, 0.3) is 0 Å². The summed E-state index contributed by atoms with van der Waals surface area (Å²) in [6.45, 7) is 5.00. The molecule has 3 rings (SSSR count). The number of ether oxygens (including phenoxy) is 3. The quantitative estimate of drug-likeness (QED) is 0.655. The fourth-order valence-electron chi connectivity index (χ4n) is 3.61. The van der Waals surface area contributed by atoms with E-state index in [0.29, 0.717) is 31.3 Å². The van der Waals surface area contributed by atoms with Crippen LogP contribution in [-0.2, 0) is 11.3 Å². The zero-order valence-corrected chi connectivity index (χ0v) is 17.1. The molecule has 1 heterocycles. The number of benzene rings is 2. The van der Waals surface area contributed by atoms with E-state index in [1.54, 1.807) is 14.2 Å². The van der Waals surface area contributed by atoms with Crippen LogP contribution in [0.3, 0.4) is 0 Å². The normalized spacial score (nSPS) is 15.9. The molecule has 0 saturated carbocycles. The molecule has 1 saturated heterocycles. The summed E-state index contributed by atoms with van der Waals surface area (Å²) in [5, 5.41) is 10.3. The van der Waals surface area contributed by atoms with E-state index in [2.05, 4.69) is 4.90 Å². The van der Waals surface area contributed by atoms with Gasteiger partial charge in [0, 0.05) is 5.69 Å². The van der Waals surface area contributed by atoms with Crippen LogP contribution in [0, 0.1) is 5.82 Å². The molecule has 158 valence electrons. The number of rotatable bonds is 9. The molecule has 1 aliphatic rings. The molecule has 0 bridgehead atoms. The number of hydrogen-bond donors (Lipinski definition) is 2. The summed E-state index contributed by atoms with van der Waals surface area (Å²) >= 11 is 0. The van der Waals surface area contributed by atoms with Crippen LogP contribution in [0.1, 0.15) is 5.56 Å². The maximum Gasteiger partial charge on any atom is 0.161 e. The molecule has 6 nitrogen and oxygen atoms in total. The molecule has 0 radical (unpaired) electrons. The Morgan fingerprint density at radius 2 is 1.72 bits per heavy atom. The summed E-state index contributed by atoms with van der Waals surface area (Å²) in [6.07, 6.45) is -0.512. The molecule has 2 aromatic rings. The Hall–Kier alpha value is -2.35. The Labute approximate surface area is 171 Å². The van der Waals surface area contributed by atoms with Crippen molar-refractivity contribution in [3.8, 4) is 11.5 Å². The van der Waals surface area contributed by atoms with E-state index >= 15 is 0 Å². The highest BCUT2D eigenvalue weighted by molar-refractivity contribution is 5.46. The van der Waals surface area contributed by atoms with Crippen molar-refractivity contribution in [1.82, 2.24) is 0 Å². The van der Waals surface area contributed by atoms with Crippen molar-refractivity contribution < 1.29 is 28.6 Å². The molecule has 2 aromatic carbocycles. The van der Waals surface area contributed by atoms with Gasteiger partial charge in [0.1, 0.15) is 18.5 Å². The number of aliphatic hydroxyl groups excluding tert-OH is 1. The number of methoxy groups -OCH3 is 2. The number of hydrogen-bond acceptors (Lipinski definition) is 5. The van der Waals surface area contributed by atoms with Gasteiger partial charge >= 0.3 is 0 Å². The van der Waals surface area contributed by atoms with Crippen molar-refractivity contribution in [3.63, 3.8) is 0 Å². The summed E-state index contributed by atoms with van der Waals surface area (Å²) in [7, 11) is 3.21. The van der Waals surface area contributed by atoms with Gasteiger partial charge in [-0.2, -0.15) is 0 Å². The molecule has 0 aliphatic carbocycles. The van der Waals surface area contributed by atoms with Gasteiger partial charge in [0.15, 0.2) is 11.5 Å². The maximum absolute atomic E-state index is 13.1. The van der Waals surface area contributed by atoms with Crippen molar-refractivity contribution in [2.24, 2.45) is 0 Å². The Morgan fingerprint density at radius 1 is 1.03 bits per heavy atom. The topological polar surface area (TPSA) is 55.6 Å². The average molecular weight is 405 g/mol. The van der Waals surface area contributed by atoms with Crippen LogP contribution >= 0.6 is 0 Å². The summed E-state index contributed by atoms with van der Waals surface area (Å²) < 4.78 is 29.3. The highest BCUT2D eigenvalue weighted by Gasteiger charge is 2.22. The highest BCUT2D eigenvalue weighted by Crippen LogP contribution is 2.27. The minimum absolute atomic E-state index is 0.214. The Balaban J connectivity index is 1.38. The summed E-state index contributed by atoms with van der Waals surface area (Å²) in [5.41, 5.74) is 2.01. The molecule has 0 spiro atoms. The lowest BCUT2D eigenvalue weighted by atomic mass is 10.2. The van der Waals surface area contributed by atoms with Crippen LogP contribution in [0.25, 0.3) is 0 Å². The van der Waals surface area contributed by atoms with Gasteiger partial charge in [0.2, 0.25) is 0 Å². The second-order valence-corrected chi connectivity index (χ2v) is 7.28. The second kappa shape index (κ2) is 10.4. The van der Waals surface area contributed by atoms with E-state index in [1.165, 1.54) is 17.0 Å². The van der Waals surface area contributed by atoms with Gasteiger partial charge in [-0.1, -0.05) is 6.07 Å². The van der Waals surface area contributed by atoms with Gasteiger partial charge < -0.3 is 29.1 Å². The molecule has 0 aromatic heterocycles. The van der Waals surface area contributed by atoms with Crippen LogP contribution in [0.15, 0.2) is 42.5 Å². The van der Waals surface area contributed by atoms with Gasteiger partial charge in [0.05, 0.1) is 53.6 Å². The fourth-order valence-corrected chi connectivity index (χ4v) is 3.61. The van der Waals surface area contributed by atoms with E-state index < -0.39 is 6.10 Å². The van der Waals surface area contributed by atoms with E-state index in [1.807, 2.05) is 30.3 Å². The van der Waals surface area contributed by atoms with Crippen LogP contribution < -0.4 is 19.3 Å². The molecule has 2 N–H and O–H groups in total. The van der Waals surface area contributed by atoms with Crippen LogP contribution in [-0.4, -0.2) is 64.8 Å². The molecule has 0 amide bonds. The summed E-state index contributed by atoms with van der Waals surface area (Å²) in [4.78, 5) is 3.61. The Morgan fingerprint density at radius 3 is 2.38 bits per heavy atom. The van der Waals surface area contributed by atoms with E-state index in [9.17, 15) is 9.50 Å². The van der Waals surface area contributed by atoms with Gasteiger partial charge in [-0.15, -0.1) is 0 Å². The van der Waals surface area contributed by atoms with Crippen molar-refractivity contribution >= 4 is 5.69 Å². The molecule has 1 fully saturated rings. The van der Waals surface area contributed by atoms with Crippen molar-refractivity contribution in [3.05, 3.63) is 53.8 Å². The fraction of sp³-hybridized carbons (Fsp3) is 0.455. The first-order chi connectivity index (χ1) is 14.1. The highest BCUT2D eigenvalue weighted by atomic mass is 19.1. The number of nitrogens with one attached hydrogen (secondary N) is 1. The number of aliphatic hydroxyl groups is 1. The SMILES string of the molecule is COc1ccc(COC[C@@H](O)C[NH+]2CCN(c3ccc(F)cc3)CC2)cc1OC. The molecule has 29 heavy (non-hydrogen) atoms. The largest absolute Gasteiger partial charge is 0.493 e. The lowest BCUT2D eigenvalue weighted by Gasteiger charge is -2.34. The number of anilines is 1. The van der Waals surface area contributed by atoms with Gasteiger partial charge in [-0.05, 0) is 42.0 Å². The lowest BCUT2D eigenvalue weighted by Crippen LogP contribution is -3.16. The molecule has 0 unspecified atom stereocenters. The first kappa shape index (κ1) is 21.4. The Kier molecular flexibility index (Phi) is 7.69. The minimum Gasteiger partial charge on any atom is -0.493 e. The van der Waals surface area contributed by atoms with Gasteiger partial charge in [-0.25, -0.2) is 4.39 Å². The van der Waals surface area contributed by atoms with E-state index in [-0.39, 0.29) is 5.82 Å². The third-order valence-electron chi connectivity index (χ3n) is 5.21. The summed E-state index contributed by atoms with van der Waals surface area (Å²) in [5.74, 6) is 1.13. The molecule has 1 aliphatic heterocycles. The lowest BCUT2D eigenvalue weighted by molar-refractivity contribution is -0.903. The molecule has 7 heteroatoms. The predicted octanol–water partition coefficient (Wildman–Crippen LogP) is 1.13. The third-order valence-corrected chi connectivity index (χ3v) is 5.21.